The molecule has 0 N–H and O–H groups in total. The van der Waals surface area contributed by atoms with E-state index in [0.29, 0.717) is 17.5 Å². The summed E-state index contributed by atoms with van der Waals surface area (Å²) in [6.45, 7) is 0.244. The maximum atomic E-state index is 12.3. The molecule has 1 heterocycles. The minimum Gasteiger partial charge on any atom is -0.294 e. The second-order valence-corrected chi connectivity index (χ2v) is 5.66. The van der Waals surface area contributed by atoms with E-state index in [0.717, 1.165) is 23.1 Å². The Morgan fingerprint density at radius 2 is 1.50 bits per heavy atom. The Hall–Kier alpha value is -2.75. The van der Waals surface area contributed by atoms with Gasteiger partial charge in [-0.2, -0.15) is 0 Å². The summed E-state index contributed by atoms with van der Waals surface area (Å²) < 4.78 is 0. The summed E-state index contributed by atoms with van der Waals surface area (Å²) in [5.74, 6) is -0.336. The molecule has 4 heteroatoms. The second-order valence-electron chi connectivity index (χ2n) is 5.66. The van der Waals surface area contributed by atoms with Crippen LogP contribution in [-0.4, -0.2) is 22.5 Å². The number of carbonyl (C=O) groups excluding carboxylic acids is 3. The number of rotatable bonds is 2. The quantitative estimate of drug-likeness (QED) is 0.799. The molecule has 0 saturated heterocycles. The van der Waals surface area contributed by atoms with Crippen molar-refractivity contribution in [3.8, 4) is 0 Å². The summed E-state index contributed by atoms with van der Waals surface area (Å²) in [5.41, 5.74) is 3.58. The molecule has 4 rings (SSSR count). The number of ketones is 1. The molecule has 2 amide bonds. The maximum absolute atomic E-state index is 12.3. The number of amides is 2. The number of benzene rings is 2. The van der Waals surface area contributed by atoms with Crippen molar-refractivity contribution in [2.45, 2.75) is 19.4 Å². The highest BCUT2D eigenvalue weighted by Gasteiger charge is 2.35. The van der Waals surface area contributed by atoms with E-state index in [1.165, 1.54) is 4.90 Å². The zero-order valence-corrected chi connectivity index (χ0v) is 11.8. The van der Waals surface area contributed by atoms with Crippen LogP contribution in [0.2, 0.25) is 0 Å². The molecule has 2 aliphatic rings. The van der Waals surface area contributed by atoms with Gasteiger partial charge in [-0.25, -0.2) is 0 Å². The number of imide groups is 1. The minimum atomic E-state index is -0.253. The van der Waals surface area contributed by atoms with Crippen LogP contribution in [0.25, 0.3) is 0 Å². The monoisotopic (exact) mass is 291 g/mol. The van der Waals surface area contributed by atoms with Crippen molar-refractivity contribution in [2.75, 3.05) is 0 Å². The van der Waals surface area contributed by atoms with Gasteiger partial charge < -0.3 is 0 Å². The summed E-state index contributed by atoms with van der Waals surface area (Å²) in [7, 11) is 0. The number of aryl methyl sites for hydroxylation is 1. The number of hydrogen-bond donors (Lipinski definition) is 0. The van der Waals surface area contributed by atoms with Crippen molar-refractivity contribution in [3.05, 3.63) is 70.3 Å². The van der Waals surface area contributed by atoms with Crippen LogP contribution in [0.15, 0.2) is 42.5 Å². The standard InChI is InChI=1S/C18H13NO3/c20-16-8-6-12-9-11(5-7-13(12)16)10-19-17(21)14-3-1-2-4-15(14)18(19)22/h1-5,7,9H,6,8,10H2. The van der Waals surface area contributed by atoms with E-state index in [1.54, 1.807) is 30.3 Å². The fourth-order valence-corrected chi connectivity index (χ4v) is 3.17. The zero-order chi connectivity index (χ0) is 15.3. The van der Waals surface area contributed by atoms with Gasteiger partial charge in [0.2, 0.25) is 0 Å². The van der Waals surface area contributed by atoms with Crippen LogP contribution in [0.4, 0.5) is 0 Å². The van der Waals surface area contributed by atoms with E-state index < -0.39 is 0 Å². The fourth-order valence-electron chi connectivity index (χ4n) is 3.17. The first-order valence-corrected chi connectivity index (χ1v) is 7.25. The molecule has 2 aromatic carbocycles. The number of Topliss-reactive ketones (excluding diaryl/α,β-unsaturated/α-hetero) is 1. The molecule has 1 aliphatic carbocycles. The topological polar surface area (TPSA) is 54.5 Å². The highest BCUT2D eigenvalue weighted by Crippen LogP contribution is 2.27. The van der Waals surface area contributed by atoms with Crippen molar-refractivity contribution in [3.63, 3.8) is 0 Å². The Bertz CT molecular complexity index is 803. The van der Waals surface area contributed by atoms with E-state index in [4.69, 9.17) is 0 Å². The van der Waals surface area contributed by atoms with E-state index in [9.17, 15) is 14.4 Å². The summed E-state index contributed by atoms with van der Waals surface area (Å²) in [6.07, 6.45) is 1.29. The first-order valence-electron chi connectivity index (χ1n) is 7.25. The van der Waals surface area contributed by atoms with E-state index in [1.807, 2.05) is 12.1 Å². The van der Waals surface area contributed by atoms with Crippen LogP contribution >= 0.6 is 0 Å². The lowest BCUT2D eigenvalue weighted by atomic mass is 10.1. The summed E-state index contributed by atoms with van der Waals surface area (Å²) in [5, 5.41) is 0. The molecular weight excluding hydrogens is 278 g/mol. The van der Waals surface area contributed by atoms with E-state index >= 15 is 0 Å². The normalized spacial score (nSPS) is 16.2. The van der Waals surface area contributed by atoms with Crippen LogP contribution in [0.1, 0.15) is 48.6 Å². The third kappa shape index (κ3) is 1.80. The van der Waals surface area contributed by atoms with Crippen molar-refractivity contribution in [1.29, 1.82) is 0 Å². The molecular formula is C18H13NO3. The van der Waals surface area contributed by atoms with Gasteiger partial charge in [-0.3, -0.25) is 19.3 Å². The third-order valence-electron chi connectivity index (χ3n) is 4.31. The van der Waals surface area contributed by atoms with Gasteiger partial charge in [-0.15, -0.1) is 0 Å². The molecule has 2 aromatic rings. The van der Waals surface area contributed by atoms with Gasteiger partial charge in [0, 0.05) is 12.0 Å². The Labute approximate surface area is 127 Å². The van der Waals surface area contributed by atoms with Crippen molar-refractivity contribution >= 4 is 17.6 Å². The van der Waals surface area contributed by atoms with Gasteiger partial charge in [0.1, 0.15) is 0 Å². The average molecular weight is 291 g/mol. The molecule has 0 atom stereocenters. The largest absolute Gasteiger partial charge is 0.294 e. The molecule has 4 nitrogen and oxygen atoms in total. The summed E-state index contributed by atoms with van der Waals surface area (Å²) in [4.78, 5) is 37.6. The van der Waals surface area contributed by atoms with Gasteiger partial charge in [0.25, 0.3) is 11.8 Å². The van der Waals surface area contributed by atoms with Gasteiger partial charge in [0.05, 0.1) is 17.7 Å². The molecule has 0 fully saturated rings. The fraction of sp³-hybridized carbons (Fsp3) is 0.167. The van der Waals surface area contributed by atoms with Gasteiger partial charge in [-0.1, -0.05) is 30.3 Å². The van der Waals surface area contributed by atoms with Gasteiger partial charge in [-0.05, 0) is 29.7 Å². The van der Waals surface area contributed by atoms with E-state index in [2.05, 4.69) is 0 Å². The van der Waals surface area contributed by atoms with Crippen molar-refractivity contribution in [1.82, 2.24) is 4.90 Å². The summed E-state index contributed by atoms with van der Waals surface area (Å²) >= 11 is 0. The van der Waals surface area contributed by atoms with Crippen LogP contribution in [0.3, 0.4) is 0 Å². The lowest BCUT2D eigenvalue weighted by molar-refractivity contribution is 0.0642. The Morgan fingerprint density at radius 3 is 2.18 bits per heavy atom. The molecule has 108 valence electrons. The molecule has 0 aromatic heterocycles. The van der Waals surface area contributed by atoms with Crippen LogP contribution in [-0.2, 0) is 13.0 Å². The lowest BCUT2D eigenvalue weighted by Crippen LogP contribution is -2.29. The Morgan fingerprint density at radius 1 is 0.818 bits per heavy atom. The van der Waals surface area contributed by atoms with Crippen molar-refractivity contribution < 1.29 is 14.4 Å². The maximum Gasteiger partial charge on any atom is 0.261 e. The molecule has 0 saturated carbocycles. The molecule has 0 spiro atoms. The first-order chi connectivity index (χ1) is 10.6. The molecule has 0 bridgehead atoms. The zero-order valence-electron chi connectivity index (χ0n) is 11.8. The lowest BCUT2D eigenvalue weighted by Gasteiger charge is -2.14. The predicted molar refractivity (Wildman–Crippen MR) is 79.7 cm³/mol. The number of carbonyl (C=O) groups is 3. The number of fused-ring (bicyclic) bond motifs is 2. The van der Waals surface area contributed by atoms with Crippen LogP contribution in [0.5, 0.6) is 0 Å². The average Bonchev–Trinajstić information content (AvgIpc) is 3.02. The first kappa shape index (κ1) is 13.0. The molecule has 0 unspecified atom stereocenters. The smallest absolute Gasteiger partial charge is 0.261 e. The number of hydrogen-bond acceptors (Lipinski definition) is 3. The molecule has 0 radical (unpaired) electrons. The van der Waals surface area contributed by atoms with Crippen LogP contribution < -0.4 is 0 Å². The van der Waals surface area contributed by atoms with Gasteiger partial charge in [0.15, 0.2) is 5.78 Å². The molecule has 1 aliphatic heterocycles. The van der Waals surface area contributed by atoms with Crippen molar-refractivity contribution in [2.24, 2.45) is 0 Å². The van der Waals surface area contributed by atoms with Gasteiger partial charge >= 0.3 is 0 Å². The second kappa shape index (κ2) is 4.63. The van der Waals surface area contributed by atoms with E-state index in [-0.39, 0.29) is 24.1 Å². The minimum absolute atomic E-state index is 0.169. The third-order valence-corrected chi connectivity index (χ3v) is 4.31. The van der Waals surface area contributed by atoms with Crippen LogP contribution in [0, 0.1) is 0 Å². The number of nitrogens with zero attached hydrogens (tertiary/aromatic N) is 1. The highest BCUT2D eigenvalue weighted by atomic mass is 16.2. The predicted octanol–water partition coefficient (Wildman–Crippen LogP) is 2.61. The Kier molecular flexibility index (Phi) is 2.73. The summed E-state index contributed by atoms with van der Waals surface area (Å²) in [6, 6.07) is 12.4. The Balaban J connectivity index is 1.64. The molecule has 22 heavy (non-hydrogen) atoms. The SMILES string of the molecule is O=C1CCc2cc(CN3C(=O)c4ccccc4C3=O)ccc21. The highest BCUT2D eigenvalue weighted by molar-refractivity contribution is 6.21.